The number of carboxylic acids is 4. The largest absolute Gasteiger partial charge is 4.00 e. The molecule has 97 heavy (non-hydrogen) atoms. The Hall–Kier alpha value is -3.21. The minimum atomic E-state index is -2.38. The molecular formula is C72H132O24Ti. The van der Waals surface area contributed by atoms with Crippen LogP contribution in [-0.4, -0.2) is 174 Å². The Kier molecular flexibility index (Phi) is 69.8. The number of Topliss-reactive ketones (excluding diaryl/α,β-unsaturated/α-hetero) is 4. The molecule has 0 aliphatic carbocycles. The summed E-state index contributed by atoms with van der Waals surface area (Å²) in [7, 11) is 0. The number of ether oxygens (including phenoxy) is 12. The molecule has 0 N–H and O–H groups in total. The summed E-state index contributed by atoms with van der Waals surface area (Å²) in [4.78, 5) is 98.4. The number of carbonyl (C=O) groups excluding carboxylic acids is 8. The fraction of sp³-hybridized carbons (Fsp3) is 0.889. The SMILES string of the molecule is CCCCOC(CC)C(=O)C(OCCCC)(OCCCC)C(=O)[O-].CCCCOC(CC)C(=O)C(OCCCC)(OCCCC)C(=O)[O-].CCCCOC(CC)C(=O)C(OCCCC)(OCCCC)C(=O)[O-].CCCCOC(CC)C(=O)C(OCCCC)(OCCCC)C(=O)[O-].[Ti+4]. The summed E-state index contributed by atoms with van der Waals surface area (Å²) < 4.78 is 65.6. The van der Waals surface area contributed by atoms with Crippen molar-refractivity contribution in [3.05, 3.63) is 0 Å². The van der Waals surface area contributed by atoms with Gasteiger partial charge in [0.1, 0.15) is 48.3 Å². The second-order valence-corrected chi connectivity index (χ2v) is 23.2. The first-order valence-corrected chi connectivity index (χ1v) is 36.6. The Labute approximate surface area is 599 Å². The van der Waals surface area contributed by atoms with Gasteiger partial charge >= 0.3 is 21.7 Å². The molecule has 0 heterocycles. The average molecular weight is 1430 g/mol. The number of rotatable bonds is 64. The smallest absolute Gasteiger partial charge is 0.544 e. The van der Waals surface area contributed by atoms with E-state index in [4.69, 9.17) is 56.8 Å². The van der Waals surface area contributed by atoms with Crippen molar-refractivity contribution in [3.63, 3.8) is 0 Å². The first kappa shape index (κ1) is 102. The molecule has 4 unspecified atom stereocenters. The number of hydrogen-bond acceptors (Lipinski definition) is 24. The van der Waals surface area contributed by atoms with Crippen LogP contribution in [0, 0.1) is 0 Å². The fourth-order valence-electron chi connectivity index (χ4n) is 8.33. The Bertz CT molecular complexity index is 1660. The third kappa shape index (κ3) is 40.9. The van der Waals surface area contributed by atoms with Crippen molar-refractivity contribution < 1.29 is 137 Å². The molecule has 4 atom stereocenters. The van der Waals surface area contributed by atoms with Gasteiger partial charge in [-0.15, -0.1) is 0 Å². The predicted molar refractivity (Wildman–Crippen MR) is 358 cm³/mol. The molecule has 24 nitrogen and oxygen atoms in total. The van der Waals surface area contributed by atoms with Gasteiger partial charge in [-0.3, -0.25) is 19.2 Å². The van der Waals surface area contributed by atoms with E-state index in [-0.39, 0.29) is 74.6 Å². The second-order valence-electron chi connectivity index (χ2n) is 23.2. The van der Waals surface area contributed by atoms with Gasteiger partial charge in [-0.25, -0.2) is 0 Å². The van der Waals surface area contributed by atoms with Crippen molar-refractivity contribution in [2.24, 2.45) is 0 Å². The summed E-state index contributed by atoms with van der Waals surface area (Å²) in [6.45, 7) is 33.3. The monoisotopic (exact) mass is 1430 g/mol. The van der Waals surface area contributed by atoms with Crippen LogP contribution >= 0.6 is 0 Å². The van der Waals surface area contributed by atoms with Crippen LogP contribution in [-0.2, 0) is 117 Å². The van der Waals surface area contributed by atoms with Crippen LogP contribution in [0.25, 0.3) is 0 Å². The summed E-state index contributed by atoms with van der Waals surface area (Å²) in [5.74, 6) is -19.0. The quantitative estimate of drug-likeness (QED) is 0.0237. The molecule has 0 fully saturated rings. The number of hydrogen-bond donors (Lipinski definition) is 0. The van der Waals surface area contributed by atoms with E-state index in [1.54, 1.807) is 27.7 Å². The molecule has 0 amide bonds. The molecule has 0 aliphatic heterocycles. The van der Waals surface area contributed by atoms with Crippen LogP contribution in [0.1, 0.15) is 291 Å². The van der Waals surface area contributed by atoms with Crippen LogP contribution in [0.15, 0.2) is 0 Å². The number of unbranched alkanes of at least 4 members (excludes halogenated alkanes) is 12. The van der Waals surface area contributed by atoms with Crippen molar-refractivity contribution in [3.8, 4) is 0 Å². The summed E-state index contributed by atoms with van der Waals surface area (Å²) in [6, 6.07) is 0. The van der Waals surface area contributed by atoms with Crippen LogP contribution < -0.4 is 20.4 Å². The molecule has 0 aromatic heterocycles. The Morgan fingerprint density at radius 2 is 0.340 bits per heavy atom. The molecule has 0 rings (SSSR count). The van der Waals surface area contributed by atoms with Gasteiger partial charge < -0.3 is 96.4 Å². The van der Waals surface area contributed by atoms with E-state index in [1.807, 2.05) is 83.1 Å². The topological polar surface area (TPSA) is 340 Å². The summed E-state index contributed by atoms with van der Waals surface area (Å²) >= 11 is 0. The number of ketones is 4. The maximum Gasteiger partial charge on any atom is 4.00 e. The normalized spacial score (nSPS) is 12.9. The third-order valence-corrected chi connectivity index (χ3v) is 14.7. The Balaban J connectivity index is -0.000000386. The first-order chi connectivity index (χ1) is 46.0. The van der Waals surface area contributed by atoms with Gasteiger partial charge in [0, 0.05) is 26.4 Å². The molecule has 0 saturated heterocycles. The number of aliphatic carboxylic acids is 4. The molecule has 0 aromatic rings. The molecule has 0 aromatic carbocycles. The summed E-state index contributed by atoms with van der Waals surface area (Å²) in [5, 5.41) is 47.1. The molecule has 0 radical (unpaired) electrons. The molecule has 568 valence electrons. The summed E-state index contributed by atoms with van der Waals surface area (Å²) in [5.41, 5.74) is 0. The van der Waals surface area contributed by atoms with Crippen LogP contribution in [0.5, 0.6) is 0 Å². The van der Waals surface area contributed by atoms with Crippen LogP contribution in [0.3, 0.4) is 0 Å². The maximum absolute atomic E-state index is 12.8. The van der Waals surface area contributed by atoms with Crippen LogP contribution in [0.2, 0.25) is 0 Å². The predicted octanol–water partition coefficient (Wildman–Crippen LogP) is 8.92. The molecule has 0 saturated carbocycles. The molecule has 0 aliphatic rings. The minimum Gasteiger partial charge on any atom is -0.544 e. The fourth-order valence-corrected chi connectivity index (χ4v) is 8.33. The van der Waals surface area contributed by atoms with Crippen molar-refractivity contribution in [1.29, 1.82) is 0 Å². The van der Waals surface area contributed by atoms with E-state index in [2.05, 4.69) is 0 Å². The van der Waals surface area contributed by atoms with Gasteiger partial charge in [0.15, 0.2) is 0 Å². The standard InChI is InChI=1S/4C18H34O6.Ti/c4*1-5-9-12-22-15(8-4)16(19)18(17(20)21,23-13-10-6-2)24-14-11-7-3;/h4*15H,5-14H2,1-4H3,(H,20,21);/q;;;;+4/p-4. The molecule has 0 spiro atoms. The van der Waals surface area contributed by atoms with Gasteiger partial charge in [-0.2, -0.15) is 0 Å². The van der Waals surface area contributed by atoms with Gasteiger partial charge in [-0.1, -0.05) is 188 Å². The van der Waals surface area contributed by atoms with Gasteiger partial charge in [-0.05, 0) is 103 Å². The first-order valence-electron chi connectivity index (χ1n) is 36.6. The zero-order chi connectivity index (χ0) is 73.7. The summed E-state index contributed by atoms with van der Waals surface area (Å²) in [6.07, 6.45) is 16.4. The van der Waals surface area contributed by atoms with Crippen molar-refractivity contribution in [1.82, 2.24) is 0 Å². The van der Waals surface area contributed by atoms with E-state index >= 15 is 0 Å². The van der Waals surface area contributed by atoms with Crippen LogP contribution in [0.4, 0.5) is 0 Å². The van der Waals surface area contributed by atoms with E-state index in [9.17, 15) is 58.8 Å². The molecular weight excluding hydrogens is 1300 g/mol. The number of carbonyl (C=O) groups is 8. The van der Waals surface area contributed by atoms with Gasteiger partial charge in [0.2, 0.25) is 23.1 Å². The van der Waals surface area contributed by atoms with Gasteiger partial charge in [0.05, 0.1) is 52.9 Å². The van der Waals surface area contributed by atoms with E-state index in [0.717, 1.165) is 103 Å². The zero-order valence-corrected chi connectivity index (χ0v) is 64.5. The molecule has 0 bridgehead atoms. The molecule has 25 heteroatoms. The van der Waals surface area contributed by atoms with E-state index < -0.39 is 94.6 Å². The van der Waals surface area contributed by atoms with Gasteiger partial charge in [0.25, 0.3) is 23.1 Å². The average Bonchev–Trinajstić information content (AvgIpc) is 0.839. The number of carboxylic acid groups (broad SMARTS) is 4. The zero-order valence-electron chi connectivity index (χ0n) is 62.9. The Morgan fingerprint density at radius 1 is 0.227 bits per heavy atom. The maximum atomic E-state index is 12.8. The van der Waals surface area contributed by atoms with E-state index in [0.29, 0.717) is 103 Å². The van der Waals surface area contributed by atoms with Crippen molar-refractivity contribution >= 4 is 47.0 Å². The Morgan fingerprint density at radius 3 is 0.433 bits per heavy atom. The van der Waals surface area contributed by atoms with E-state index in [1.165, 1.54) is 0 Å². The minimum absolute atomic E-state index is 0. The van der Waals surface area contributed by atoms with Crippen molar-refractivity contribution in [2.45, 2.75) is 338 Å². The van der Waals surface area contributed by atoms with Crippen molar-refractivity contribution in [2.75, 3.05) is 79.3 Å². The second kappa shape index (κ2) is 66.1. The third-order valence-electron chi connectivity index (χ3n) is 14.7.